The van der Waals surface area contributed by atoms with Crippen molar-refractivity contribution in [1.82, 2.24) is 4.90 Å². The van der Waals surface area contributed by atoms with Gasteiger partial charge in [-0.1, -0.05) is 0 Å². The molecule has 52 valence electrons. The lowest BCUT2D eigenvalue weighted by Gasteiger charge is -2.18. The molecule has 0 spiro atoms. The molecule has 0 saturated carbocycles. The van der Waals surface area contributed by atoms with Crippen LogP contribution >= 0.6 is 0 Å². The Morgan fingerprint density at radius 3 is 2.56 bits per heavy atom. The van der Waals surface area contributed by atoms with Gasteiger partial charge in [-0.05, 0) is 7.05 Å². The quantitative estimate of drug-likeness (QED) is 0.479. The molecule has 0 atom stereocenters. The van der Waals surface area contributed by atoms with Crippen molar-refractivity contribution >= 4 is 0 Å². The van der Waals surface area contributed by atoms with Gasteiger partial charge in [0.1, 0.15) is 6.29 Å². The Balaban J connectivity index is 3.29. The average molecular weight is 128 g/mol. The summed E-state index contributed by atoms with van der Waals surface area (Å²) in [4.78, 5) is 1.71. The molecule has 0 aliphatic heterocycles. The van der Waals surface area contributed by atoms with Crippen LogP contribution in [0.1, 0.15) is 6.42 Å². The SMILES string of the molecule is CN(CCC#N)C(N)N. The summed E-state index contributed by atoms with van der Waals surface area (Å²) < 4.78 is 0. The van der Waals surface area contributed by atoms with Crippen molar-refractivity contribution in [3.05, 3.63) is 0 Å². The summed E-state index contributed by atoms with van der Waals surface area (Å²) >= 11 is 0. The molecule has 0 rings (SSSR count). The monoisotopic (exact) mass is 128 g/mol. The predicted octanol–water partition coefficient (Wildman–Crippen LogP) is -0.967. The molecule has 4 nitrogen and oxygen atoms in total. The zero-order chi connectivity index (χ0) is 7.28. The molecule has 0 aliphatic rings. The third kappa shape index (κ3) is 3.91. The number of hydrogen-bond donors (Lipinski definition) is 2. The van der Waals surface area contributed by atoms with Crippen molar-refractivity contribution in [3.8, 4) is 6.07 Å². The van der Waals surface area contributed by atoms with Crippen LogP contribution in [0.4, 0.5) is 0 Å². The highest BCUT2D eigenvalue weighted by Crippen LogP contribution is 1.83. The van der Waals surface area contributed by atoms with Crippen LogP contribution in [0.2, 0.25) is 0 Å². The molecule has 0 saturated heterocycles. The average Bonchev–Trinajstić information content (AvgIpc) is 1.82. The maximum atomic E-state index is 8.14. The van der Waals surface area contributed by atoms with Gasteiger partial charge in [-0.3, -0.25) is 4.90 Å². The summed E-state index contributed by atoms with van der Waals surface area (Å²) in [5, 5.41) is 8.14. The van der Waals surface area contributed by atoms with Gasteiger partial charge in [-0.15, -0.1) is 0 Å². The van der Waals surface area contributed by atoms with Crippen LogP contribution in [0.5, 0.6) is 0 Å². The highest BCUT2D eigenvalue weighted by atomic mass is 15.3. The Labute approximate surface area is 55.0 Å². The molecule has 0 bridgehead atoms. The zero-order valence-electron chi connectivity index (χ0n) is 5.54. The number of nitrogens with two attached hydrogens (primary N) is 2. The summed E-state index contributed by atoms with van der Waals surface area (Å²) in [6.45, 7) is 0.633. The van der Waals surface area contributed by atoms with E-state index in [1.54, 1.807) is 11.9 Å². The molecule has 0 aliphatic carbocycles. The van der Waals surface area contributed by atoms with Crippen molar-refractivity contribution in [2.24, 2.45) is 11.5 Å². The first-order chi connectivity index (χ1) is 4.18. The fourth-order valence-corrected chi connectivity index (χ4v) is 0.375. The van der Waals surface area contributed by atoms with E-state index in [0.29, 0.717) is 13.0 Å². The van der Waals surface area contributed by atoms with E-state index >= 15 is 0 Å². The van der Waals surface area contributed by atoms with Crippen LogP contribution in [-0.4, -0.2) is 24.8 Å². The second-order valence-corrected chi connectivity index (χ2v) is 1.88. The fraction of sp³-hybridized carbons (Fsp3) is 0.800. The van der Waals surface area contributed by atoms with E-state index in [0.717, 1.165) is 0 Å². The Morgan fingerprint density at radius 2 is 2.22 bits per heavy atom. The summed E-state index contributed by atoms with van der Waals surface area (Å²) in [7, 11) is 1.78. The smallest absolute Gasteiger partial charge is 0.109 e. The van der Waals surface area contributed by atoms with Crippen molar-refractivity contribution in [2.75, 3.05) is 13.6 Å². The molecular formula is C5H12N4. The zero-order valence-corrected chi connectivity index (χ0v) is 5.54. The van der Waals surface area contributed by atoms with Crippen molar-refractivity contribution in [3.63, 3.8) is 0 Å². The fourth-order valence-electron chi connectivity index (χ4n) is 0.375. The lowest BCUT2D eigenvalue weighted by Crippen LogP contribution is -2.46. The van der Waals surface area contributed by atoms with Crippen LogP contribution in [0, 0.1) is 11.3 Å². The Kier molecular flexibility index (Phi) is 3.97. The largest absolute Gasteiger partial charge is 0.304 e. The summed E-state index contributed by atoms with van der Waals surface area (Å²) in [5.41, 5.74) is 10.5. The van der Waals surface area contributed by atoms with Crippen molar-refractivity contribution < 1.29 is 0 Å². The van der Waals surface area contributed by atoms with E-state index < -0.39 is 6.29 Å². The van der Waals surface area contributed by atoms with Gasteiger partial charge in [0.2, 0.25) is 0 Å². The molecule has 4 heteroatoms. The topological polar surface area (TPSA) is 79.1 Å². The van der Waals surface area contributed by atoms with E-state index in [4.69, 9.17) is 16.7 Å². The van der Waals surface area contributed by atoms with Gasteiger partial charge in [-0.2, -0.15) is 5.26 Å². The van der Waals surface area contributed by atoms with E-state index in [1.807, 2.05) is 6.07 Å². The van der Waals surface area contributed by atoms with Gasteiger partial charge in [0.25, 0.3) is 0 Å². The Morgan fingerprint density at radius 1 is 1.67 bits per heavy atom. The number of nitrogens with zero attached hydrogens (tertiary/aromatic N) is 2. The molecule has 0 heterocycles. The minimum Gasteiger partial charge on any atom is -0.304 e. The lowest BCUT2D eigenvalue weighted by molar-refractivity contribution is 0.258. The maximum Gasteiger partial charge on any atom is 0.109 e. The van der Waals surface area contributed by atoms with Gasteiger partial charge < -0.3 is 11.5 Å². The predicted molar refractivity (Wildman–Crippen MR) is 35.0 cm³/mol. The van der Waals surface area contributed by atoms with Crippen LogP contribution in [0.3, 0.4) is 0 Å². The summed E-state index contributed by atoms with van der Waals surface area (Å²) in [6.07, 6.45) is 0.0276. The second-order valence-electron chi connectivity index (χ2n) is 1.88. The van der Waals surface area contributed by atoms with Gasteiger partial charge in [0, 0.05) is 13.0 Å². The van der Waals surface area contributed by atoms with Gasteiger partial charge in [0.05, 0.1) is 6.07 Å². The number of rotatable bonds is 3. The highest BCUT2D eigenvalue weighted by molar-refractivity contribution is 4.71. The normalized spacial score (nSPS) is 10.2. The molecule has 0 radical (unpaired) electrons. The first-order valence-corrected chi connectivity index (χ1v) is 2.77. The highest BCUT2D eigenvalue weighted by Gasteiger charge is 2.00. The van der Waals surface area contributed by atoms with Gasteiger partial charge in [-0.25, -0.2) is 0 Å². The summed E-state index contributed by atoms with van der Waals surface area (Å²) in [6, 6.07) is 2.00. The first-order valence-electron chi connectivity index (χ1n) is 2.77. The molecule has 0 aromatic rings. The van der Waals surface area contributed by atoms with Crippen molar-refractivity contribution in [1.29, 1.82) is 5.26 Å². The van der Waals surface area contributed by atoms with E-state index in [2.05, 4.69) is 0 Å². The standard InChI is InChI=1S/C5H12N4/c1-9(5(7)8)4-2-3-6/h5H,2,4,7-8H2,1H3. The third-order valence-electron chi connectivity index (χ3n) is 1.09. The number of hydrogen-bond acceptors (Lipinski definition) is 4. The van der Waals surface area contributed by atoms with Gasteiger partial charge in [0.15, 0.2) is 0 Å². The van der Waals surface area contributed by atoms with Crippen LogP contribution in [0.25, 0.3) is 0 Å². The summed E-state index contributed by atoms with van der Waals surface area (Å²) in [5.74, 6) is 0. The number of nitriles is 1. The second kappa shape index (κ2) is 4.27. The van der Waals surface area contributed by atoms with Crippen LogP contribution in [0.15, 0.2) is 0 Å². The molecule has 4 N–H and O–H groups in total. The minimum atomic E-state index is -0.446. The molecule has 0 unspecified atom stereocenters. The lowest BCUT2D eigenvalue weighted by atomic mass is 10.4. The molecular weight excluding hydrogens is 116 g/mol. The molecule has 0 aromatic heterocycles. The van der Waals surface area contributed by atoms with E-state index in [-0.39, 0.29) is 0 Å². The first kappa shape index (κ1) is 8.37. The molecule has 0 aromatic carbocycles. The van der Waals surface area contributed by atoms with E-state index in [9.17, 15) is 0 Å². The Bertz CT molecular complexity index is 104. The van der Waals surface area contributed by atoms with E-state index in [1.165, 1.54) is 0 Å². The van der Waals surface area contributed by atoms with Crippen molar-refractivity contribution in [2.45, 2.75) is 12.7 Å². The molecule has 0 amide bonds. The van der Waals surface area contributed by atoms with Crippen LogP contribution in [-0.2, 0) is 0 Å². The molecule has 0 fully saturated rings. The Hall–Kier alpha value is -0.630. The maximum absolute atomic E-state index is 8.14. The van der Waals surface area contributed by atoms with Gasteiger partial charge >= 0.3 is 0 Å². The third-order valence-corrected chi connectivity index (χ3v) is 1.09. The molecule has 9 heavy (non-hydrogen) atoms. The minimum absolute atomic E-state index is 0.446. The van der Waals surface area contributed by atoms with Crippen LogP contribution < -0.4 is 11.5 Å².